The second kappa shape index (κ2) is 10.0. The van der Waals surface area contributed by atoms with Gasteiger partial charge in [0.25, 0.3) is 0 Å². The second-order valence-corrected chi connectivity index (χ2v) is 9.50. The van der Waals surface area contributed by atoms with Crippen LogP contribution < -0.4 is 15.1 Å². The minimum atomic E-state index is -1.08. The molecule has 26 heavy (non-hydrogen) atoms. The number of nitrogens with one attached hydrogen (secondary N) is 2. The van der Waals surface area contributed by atoms with Crippen LogP contribution in [-0.4, -0.2) is 48.5 Å². The topological polar surface area (TPSA) is 95.5 Å². The van der Waals surface area contributed by atoms with Crippen molar-refractivity contribution in [1.29, 1.82) is 0 Å². The molecule has 0 aliphatic heterocycles. The van der Waals surface area contributed by atoms with Crippen LogP contribution in [0.3, 0.4) is 0 Å². The molecule has 0 fully saturated rings. The fourth-order valence-electron chi connectivity index (χ4n) is 1.92. The number of amides is 2. The summed E-state index contributed by atoms with van der Waals surface area (Å²) in [6.45, 7) is 1.32. The Kier molecular flexibility index (Phi) is 7.71. The molecular formula is C18H18N2O4SSe. The van der Waals surface area contributed by atoms with Gasteiger partial charge in [-0.1, -0.05) is 0 Å². The van der Waals surface area contributed by atoms with Crippen LogP contribution in [0.1, 0.15) is 17.3 Å². The molecule has 2 rings (SSSR count). The zero-order chi connectivity index (χ0) is 18.9. The number of hydrogen-bond acceptors (Lipinski definition) is 4. The molecule has 0 saturated carbocycles. The van der Waals surface area contributed by atoms with E-state index in [4.69, 9.17) is 5.11 Å². The van der Waals surface area contributed by atoms with Crippen LogP contribution in [0.15, 0.2) is 54.6 Å². The summed E-state index contributed by atoms with van der Waals surface area (Å²) in [5, 5.41) is 13.4. The van der Waals surface area contributed by atoms with Gasteiger partial charge in [-0.15, -0.1) is 0 Å². The third kappa shape index (κ3) is 6.22. The SMILES string of the molecule is CC(S[Se]c1ccccc1C(=O)Nc1ccccc1)C(=O)NCC(=O)O. The third-order valence-corrected chi connectivity index (χ3v) is 8.31. The van der Waals surface area contributed by atoms with E-state index in [1.807, 2.05) is 42.5 Å². The molecule has 0 aromatic heterocycles. The van der Waals surface area contributed by atoms with Gasteiger partial charge in [0.15, 0.2) is 0 Å². The van der Waals surface area contributed by atoms with E-state index in [-0.39, 0.29) is 25.7 Å². The second-order valence-electron chi connectivity index (χ2n) is 5.25. The van der Waals surface area contributed by atoms with E-state index in [2.05, 4.69) is 10.6 Å². The van der Waals surface area contributed by atoms with Crippen LogP contribution in [0.5, 0.6) is 0 Å². The maximum absolute atomic E-state index is 12.5. The first-order chi connectivity index (χ1) is 12.5. The summed E-state index contributed by atoms with van der Waals surface area (Å²) in [4.78, 5) is 34.9. The van der Waals surface area contributed by atoms with Gasteiger partial charge >= 0.3 is 161 Å². The molecule has 1 unspecified atom stereocenters. The predicted molar refractivity (Wildman–Crippen MR) is 104 cm³/mol. The first-order valence-corrected chi connectivity index (χ1v) is 11.5. The van der Waals surface area contributed by atoms with Crippen molar-refractivity contribution in [3.8, 4) is 0 Å². The molecule has 0 heterocycles. The number of aliphatic carboxylic acids is 1. The number of para-hydroxylation sites is 1. The van der Waals surface area contributed by atoms with Crippen molar-refractivity contribution >= 4 is 51.9 Å². The van der Waals surface area contributed by atoms with Crippen molar-refractivity contribution in [2.75, 3.05) is 11.9 Å². The Morgan fingerprint density at radius 3 is 2.42 bits per heavy atom. The van der Waals surface area contributed by atoms with E-state index in [0.29, 0.717) is 11.3 Å². The van der Waals surface area contributed by atoms with E-state index in [1.54, 1.807) is 19.1 Å². The van der Waals surface area contributed by atoms with Crippen LogP contribution in [0.2, 0.25) is 0 Å². The van der Waals surface area contributed by atoms with E-state index in [1.165, 1.54) is 10.2 Å². The van der Waals surface area contributed by atoms with Crippen molar-refractivity contribution in [1.82, 2.24) is 5.32 Å². The van der Waals surface area contributed by atoms with E-state index in [9.17, 15) is 14.4 Å². The molecule has 0 aliphatic carbocycles. The van der Waals surface area contributed by atoms with Gasteiger partial charge in [-0.25, -0.2) is 0 Å². The number of carboxylic acids is 1. The quantitative estimate of drug-likeness (QED) is 0.545. The summed E-state index contributed by atoms with van der Waals surface area (Å²) in [5.74, 6) is -1.60. The molecule has 0 bridgehead atoms. The Balaban J connectivity index is 1.99. The average Bonchev–Trinajstić information content (AvgIpc) is 2.65. The van der Waals surface area contributed by atoms with Crippen LogP contribution in [-0.2, 0) is 9.59 Å². The molecule has 0 radical (unpaired) electrons. The Bertz CT molecular complexity index is 786. The summed E-state index contributed by atoms with van der Waals surface area (Å²) in [6, 6.07) is 16.5. The van der Waals surface area contributed by atoms with Gasteiger partial charge in [-0.2, -0.15) is 0 Å². The summed E-state index contributed by atoms with van der Waals surface area (Å²) < 4.78 is 0.872. The number of carboxylic acid groups (broad SMARTS) is 1. The molecule has 0 aliphatic rings. The standard InChI is InChI=1S/C18H18N2O4SSe/c1-12(17(23)19-11-16(21)22)25-26-15-10-6-5-9-14(15)18(24)20-13-7-3-2-4-8-13/h2-10,12H,11H2,1H3,(H,19,23)(H,20,24)(H,21,22). The third-order valence-electron chi connectivity index (χ3n) is 3.23. The van der Waals surface area contributed by atoms with Crippen LogP contribution in [0.25, 0.3) is 0 Å². The van der Waals surface area contributed by atoms with Crippen molar-refractivity contribution < 1.29 is 19.5 Å². The summed E-state index contributed by atoms with van der Waals surface area (Å²) in [6.07, 6.45) is 0. The maximum atomic E-state index is 12.5. The number of carbonyl (C=O) groups is 3. The first-order valence-electron chi connectivity index (χ1n) is 7.75. The number of rotatable bonds is 8. The molecule has 2 aromatic carbocycles. The summed E-state index contributed by atoms with van der Waals surface area (Å²) in [5.41, 5.74) is 1.29. The average molecular weight is 437 g/mol. The van der Waals surface area contributed by atoms with Crippen molar-refractivity contribution in [2.45, 2.75) is 12.2 Å². The molecular weight excluding hydrogens is 419 g/mol. The number of carbonyl (C=O) groups excluding carboxylic acids is 2. The van der Waals surface area contributed by atoms with Gasteiger partial charge < -0.3 is 0 Å². The molecule has 136 valence electrons. The van der Waals surface area contributed by atoms with Gasteiger partial charge in [-0.05, 0) is 0 Å². The van der Waals surface area contributed by atoms with Crippen LogP contribution in [0, 0.1) is 0 Å². The molecule has 0 saturated heterocycles. The number of benzene rings is 2. The fraction of sp³-hybridized carbons (Fsp3) is 0.167. The predicted octanol–water partition coefficient (Wildman–Crippen LogP) is 1.51. The number of hydrogen-bond donors (Lipinski definition) is 3. The fourth-order valence-corrected chi connectivity index (χ4v) is 6.01. The van der Waals surface area contributed by atoms with Gasteiger partial charge in [0.1, 0.15) is 0 Å². The Labute approximate surface area is 161 Å². The molecule has 6 nitrogen and oxygen atoms in total. The Morgan fingerprint density at radius 1 is 1.08 bits per heavy atom. The summed E-state index contributed by atoms with van der Waals surface area (Å²) >= 11 is -0.176. The van der Waals surface area contributed by atoms with Gasteiger partial charge in [0.2, 0.25) is 0 Å². The van der Waals surface area contributed by atoms with Gasteiger partial charge in [0, 0.05) is 0 Å². The van der Waals surface area contributed by atoms with Crippen LogP contribution >= 0.6 is 10.2 Å². The van der Waals surface area contributed by atoms with Gasteiger partial charge in [-0.3, -0.25) is 0 Å². The number of anilines is 1. The van der Waals surface area contributed by atoms with E-state index in [0.717, 1.165) is 4.46 Å². The van der Waals surface area contributed by atoms with Crippen molar-refractivity contribution in [3.63, 3.8) is 0 Å². The minimum absolute atomic E-state index is 0.176. The zero-order valence-electron chi connectivity index (χ0n) is 14.0. The normalized spacial score (nSPS) is 11.4. The van der Waals surface area contributed by atoms with Crippen molar-refractivity contribution in [3.05, 3.63) is 60.2 Å². The molecule has 1 atom stereocenters. The molecule has 2 amide bonds. The summed E-state index contributed by atoms with van der Waals surface area (Å²) in [7, 11) is 1.40. The molecule has 8 heteroatoms. The Hall–Kier alpha value is -2.28. The zero-order valence-corrected chi connectivity index (χ0v) is 16.5. The van der Waals surface area contributed by atoms with Gasteiger partial charge in [0.05, 0.1) is 0 Å². The Morgan fingerprint density at radius 2 is 1.73 bits per heavy atom. The molecule has 2 aromatic rings. The van der Waals surface area contributed by atoms with Crippen LogP contribution in [0.4, 0.5) is 5.69 Å². The molecule has 0 spiro atoms. The molecule has 3 N–H and O–H groups in total. The van der Waals surface area contributed by atoms with E-state index >= 15 is 0 Å². The first kappa shape index (κ1) is 20.0. The van der Waals surface area contributed by atoms with Crippen molar-refractivity contribution in [2.24, 2.45) is 0 Å². The van der Waals surface area contributed by atoms with E-state index < -0.39 is 17.8 Å². The monoisotopic (exact) mass is 438 g/mol.